The average Bonchev–Trinajstić information content (AvgIpc) is 3.64. The van der Waals surface area contributed by atoms with Crippen molar-refractivity contribution < 1.29 is 14.2 Å². The van der Waals surface area contributed by atoms with Crippen molar-refractivity contribution in [2.45, 2.75) is 37.8 Å². The molecule has 2 aromatic rings. The molecule has 3 heterocycles. The highest BCUT2D eigenvalue weighted by Gasteiger charge is 2.32. The number of likely N-dealkylation sites (tertiary alicyclic amines) is 1. The lowest BCUT2D eigenvalue weighted by atomic mass is 10.0. The molecule has 162 valence electrons. The van der Waals surface area contributed by atoms with Gasteiger partial charge in [0.2, 0.25) is 5.95 Å². The smallest absolute Gasteiger partial charge is 0.228 e. The Labute approximate surface area is 177 Å². The van der Waals surface area contributed by atoms with Crippen LogP contribution in [-0.2, 0) is 4.74 Å². The van der Waals surface area contributed by atoms with Gasteiger partial charge in [0.25, 0.3) is 0 Å². The third kappa shape index (κ3) is 3.98. The van der Waals surface area contributed by atoms with Crippen molar-refractivity contribution >= 4 is 22.7 Å². The summed E-state index contributed by atoms with van der Waals surface area (Å²) >= 11 is 0. The van der Waals surface area contributed by atoms with Gasteiger partial charge in [-0.25, -0.2) is 4.98 Å². The molecule has 5 rings (SSSR count). The molecule has 8 heteroatoms. The van der Waals surface area contributed by atoms with Crippen molar-refractivity contribution in [2.24, 2.45) is 0 Å². The maximum atomic E-state index is 5.54. The number of nitrogens with one attached hydrogen (secondary N) is 1. The van der Waals surface area contributed by atoms with E-state index in [9.17, 15) is 0 Å². The summed E-state index contributed by atoms with van der Waals surface area (Å²) in [6.45, 7) is 5.35. The van der Waals surface area contributed by atoms with Crippen LogP contribution in [-0.4, -0.2) is 80.6 Å². The Morgan fingerprint density at radius 1 is 0.933 bits per heavy atom. The summed E-state index contributed by atoms with van der Waals surface area (Å²) < 4.78 is 16.6. The molecule has 0 unspecified atom stereocenters. The molecule has 1 aromatic heterocycles. The van der Waals surface area contributed by atoms with Crippen LogP contribution in [0.2, 0.25) is 0 Å². The number of aromatic nitrogens is 2. The van der Waals surface area contributed by atoms with Crippen LogP contribution in [0.1, 0.15) is 25.7 Å². The summed E-state index contributed by atoms with van der Waals surface area (Å²) in [4.78, 5) is 14.6. The highest BCUT2D eigenvalue weighted by atomic mass is 16.5. The number of nitrogens with zero attached hydrogens (tertiary/aromatic N) is 4. The molecule has 0 radical (unpaired) electrons. The number of anilines is 2. The van der Waals surface area contributed by atoms with E-state index in [-0.39, 0.29) is 0 Å². The first-order valence-corrected chi connectivity index (χ1v) is 11.0. The van der Waals surface area contributed by atoms with Crippen LogP contribution in [0.5, 0.6) is 11.5 Å². The zero-order valence-electron chi connectivity index (χ0n) is 17.9. The van der Waals surface area contributed by atoms with Crippen molar-refractivity contribution in [3.63, 3.8) is 0 Å². The minimum Gasteiger partial charge on any atom is -0.493 e. The molecule has 1 saturated carbocycles. The number of ether oxygens (including phenoxy) is 3. The first-order chi connectivity index (χ1) is 14.7. The molecule has 2 saturated heterocycles. The number of piperidine rings is 1. The molecule has 3 fully saturated rings. The number of morpholine rings is 1. The Hall–Kier alpha value is -2.32. The molecule has 8 nitrogen and oxygen atoms in total. The van der Waals surface area contributed by atoms with E-state index >= 15 is 0 Å². The summed E-state index contributed by atoms with van der Waals surface area (Å²) in [6.07, 6.45) is 5.03. The van der Waals surface area contributed by atoms with Crippen molar-refractivity contribution in [2.75, 3.05) is 63.8 Å². The Kier molecular flexibility index (Phi) is 5.52. The Balaban J connectivity index is 1.47. The predicted octanol–water partition coefficient (Wildman–Crippen LogP) is 2.52. The summed E-state index contributed by atoms with van der Waals surface area (Å²) in [5.74, 6) is 3.00. The number of rotatable bonds is 6. The largest absolute Gasteiger partial charge is 0.493 e. The highest BCUT2D eigenvalue weighted by molar-refractivity contribution is 5.93. The molecule has 2 aliphatic heterocycles. The van der Waals surface area contributed by atoms with Crippen LogP contribution in [0.15, 0.2) is 12.1 Å². The average molecular weight is 414 g/mol. The standard InChI is InChI=1S/C22H31N5O3/c1-28-19-13-17-18(14-20(19)29-2)24-22(27-9-11-30-12-10-27)25-21(17)23-15-5-7-26(8-6-15)16-3-4-16/h13-16H,3-12H2,1-2H3,(H,23,24,25). The molecule has 0 spiro atoms. The number of hydrogen-bond donors (Lipinski definition) is 1. The normalized spacial score (nSPS) is 21.1. The number of hydrogen-bond acceptors (Lipinski definition) is 8. The second-order valence-electron chi connectivity index (χ2n) is 8.38. The van der Waals surface area contributed by atoms with E-state index in [1.165, 1.54) is 25.9 Å². The lowest BCUT2D eigenvalue weighted by Gasteiger charge is -2.33. The summed E-state index contributed by atoms with van der Waals surface area (Å²) in [5.41, 5.74) is 0.863. The second kappa shape index (κ2) is 8.43. The third-order valence-corrected chi connectivity index (χ3v) is 6.42. The van der Waals surface area contributed by atoms with E-state index < -0.39 is 0 Å². The van der Waals surface area contributed by atoms with Gasteiger partial charge in [0.1, 0.15) is 5.82 Å². The van der Waals surface area contributed by atoms with Gasteiger partial charge in [-0.1, -0.05) is 0 Å². The van der Waals surface area contributed by atoms with Crippen molar-refractivity contribution in [1.82, 2.24) is 14.9 Å². The molecular formula is C22H31N5O3. The molecule has 0 amide bonds. The van der Waals surface area contributed by atoms with E-state index in [0.29, 0.717) is 30.8 Å². The van der Waals surface area contributed by atoms with Gasteiger partial charge in [-0.15, -0.1) is 0 Å². The van der Waals surface area contributed by atoms with Crippen LogP contribution in [0.4, 0.5) is 11.8 Å². The number of fused-ring (bicyclic) bond motifs is 1. The molecule has 30 heavy (non-hydrogen) atoms. The van der Waals surface area contributed by atoms with Crippen LogP contribution >= 0.6 is 0 Å². The predicted molar refractivity (Wildman–Crippen MR) is 117 cm³/mol. The molecule has 1 aromatic carbocycles. The topological polar surface area (TPSA) is 72.0 Å². The molecular weight excluding hydrogens is 382 g/mol. The van der Waals surface area contributed by atoms with Gasteiger partial charge in [0, 0.05) is 49.7 Å². The monoisotopic (exact) mass is 413 g/mol. The maximum absolute atomic E-state index is 5.54. The minimum absolute atomic E-state index is 0.420. The van der Waals surface area contributed by atoms with E-state index in [0.717, 1.165) is 54.6 Å². The SMILES string of the molecule is COc1cc2nc(N3CCOCC3)nc(NC3CCN(C4CC4)CC3)c2cc1OC. The lowest BCUT2D eigenvalue weighted by molar-refractivity contribution is 0.122. The van der Waals surface area contributed by atoms with Crippen LogP contribution in [0, 0.1) is 0 Å². The first kappa shape index (κ1) is 19.6. The third-order valence-electron chi connectivity index (χ3n) is 6.42. The Bertz CT molecular complexity index is 890. The van der Waals surface area contributed by atoms with Gasteiger partial charge in [-0.2, -0.15) is 4.98 Å². The van der Waals surface area contributed by atoms with E-state index in [4.69, 9.17) is 24.2 Å². The quantitative estimate of drug-likeness (QED) is 0.775. The minimum atomic E-state index is 0.420. The molecule has 3 aliphatic rings. The summed E-state index contributed by atoms with van der Waals surface area (Å²) in [7, 11) is 3.31. The van der Waals surface area contributed by atoms with Gasteiger partial charge in [-0.05, 0) is 31.7 Å². The molecule has 0 atom stereocenters. The van der Waals surface area contributed by atoms with Crippen molar-refractivity contribution in [3.05, 3.63) is 12.1 Å². The second-order valence-corrected chi connectivity index (χ2v) is 8.38. The zero-order valence-corrected chi connectivity index (χ0v) is 17.9. The fourth-order valence-electron chi connectivity index (χ4n) is 4.50. The summed E-state index contributed by atoms with van der Waals surface area (Å²) in [6, 6.07) is 5.19. The molecule has 0 bridgehead atoms. The van der Waals surface area contributed by atoms with Crippen LogP contribution < -0.4 is 19.7 Å². The lowest BCUT2D eigenvalue weighted by Crippen LogP contribution is -2.40. The first-order valence-electron chi connectivity index (χ1n) is 11.0. The van der Waals surface area contributed by atoms with Gasteiger partial charge in [-0.3, -0.25) is 0 Å². The van der Waals surface area contributed by atoms with E-state index in [2.05, 4.69) is 15.1 Å². The Morgan fingerprint density at radius 2 is 1.63 bits per heavy atom. The summed E-state index contributed by atoms with van der Waals surface area (Å²) in [5, 5.41) is 4.71. The van der Waals surface area contributed by atoms with Crippen LogP contribution in [0.3, 0.4) is 0 Å². The van der Waals surface area contributed by atoms with Gasteiger partial charge < -0.3 is 29.3 Å². The zero-order chi connectivity index (χ0) is 20.5. The van der Waals surface area contributed by atoms with E-state index in [1.54, 1.807) is 14.2 Å². The number of methoxy groups -OCH3 is 2. The molecule has 1 N–H and O–H groups in total. The van der Waals surface area contributed by atoms with Gasteiger partial charge >= 0.3 is 0 Å². The molecule has 1 aliphatic carbocycles. The maximum Gasteiger partial charge on any atom is 0.228 e. The Morgan fingerprint density at radius 3 is 2.30 bits per heavy atom. The fraction of sp³-hybridized carbons (Fsp3) is 0.636. The van der Waals surface area contributed by atoms with Gasteiger partial charge in [0.15, 0.2) is 11.5 Å². The fourth-order valence-corrected chi connectivity index (χ4v) is 4.50. The van der Waals surface area contributed by atoms with E-state index in [1.807, 2.05) is 12.1 Å². The highest BCUT2D eigenvalue weighted by Crippen LogP contribution is 2.36. The van der Waals surface area contributed by atoms with Crippen molar-refractivity contribution in [3.8, 4) is 11.5 Å². The van der Waals surface area contributed by atoms with Crippen molar-refractivity contribution in [1.29, 1.82) is 0 Å². The van der Waals surface area contributed by atoms with Gasteiger partial charge in [0.05, 0.1) is 33.0 Å². The van der Waals surface area contributed by atoms with Crippen LogP contribution in [0.25, 0.3) is 10.9 Å². The number of benzene rings is 1.